The maximum Gasteiger partial charge on any atom is 0.348 e. The number of oxime groups is 1. The van der Waals surface area contributed by atoms with Crippen molar-refractivity contribution in [2.45, 2.75) is 72.2 Å². The molecule has 0 fully saturated rings. The maximum absolute atomic E-state index is 12.7. The quantitative estimate of drug-likeness (QED) is 0.411. The van der Waals surface area contributed by atoms with Gasteiger partial charge in [-0.3, -0.25) is 0 Å². The second-order valence-corrected chi connectivity index (χ2v) is 8.88. The Hall–Kier alpha value is -1.79. The second-order valence-electron chi connectivity index (χ2n) is 8.44. The van der Waals surface area contributed by atoms with Crippen molar-refractivity contribution in [1.82, 2.24) is 0 Å². The van der Waals surface area contributed by atoms with Crippen molar-refractivity contribution in [2.75, 3.05) is 13.2 Å². The van der Waals surface area contributed by atoms with E-state index < -0.39 is 17.7 Å². The summed E-state index contributed by atoms with van der Waals surface area (Å²) in [5, 5.41) is 4.70. The first-order valence-corrected chi connectivity index (χ1v) is 10.5. The van der Waals surface area contributed by atoms with Crippen LogP contribution in [0.1, 0.15) is 59.9 Å². The van der Waals surface area contributed by atoms with Crippen LogP contribution in [-0.2, 0) is 19.1 Å². The maximum atomic E-state index is 12.7. The molecule has 29 heavy (non-hydrogen) atoms. The number of unbranched alkanes of at least 4 members (excludes halogenated alkanes) is 1. The number of esters is 1. The van der Waals surface area contributed by atoms with Crippen molar-refractivity contribution in [3.05, 3.63) is 28.8 Å². The minimum Gasteiger partial charge on any atom is -0.478 e. The summed E-state index contributed by atoms with van der Waals surface area (Å²) in [6, 6.07) is 5.21. The Morgan fingerprint density at radius 2 is 2.07 bits per heavy atom. The number of rotatable bonds is 9. The molecular weight excluding hydrogens is 394 g/mol. The minimum atomic E-state index is -0.767. The zero-order valence-corrected chi connectivity index (χ0v) is 18.9. The second kappa shape index (κ2) is 10.3. The highest BCUT2D eigenvalue weighted by Crippen LogP contribution is 2.30. The van der Waals surface area contributed by atoms with E-state index in [1.807, 2.05) is 34.6 Å². The van der Waals surface area contributed by atoms with Crippen LogP contribution >= 0.6 is 11.6 Å². The summed E-state index contributed by atoms with van der Waals surface area (Å²) >= 11 is 6.23. The molecule has 2 rings (SSSR count). The van der Waals surface area contributed by atoms with Gasteiger partial charge in [0.2, 0.25) is 0 Å². The fourth-order valence-corrected chi connectivity index (χ4v) is 2.96. The van der Waals surface area contributed by atoms with Gasteiger partial charge in [0.1, 0.15) is 29.8 Å². The molecule has 0 saturated heterocycles. The molecule has 0 radical (unpaired) electrons. The number of benzene rings is 1. The Balaban J connectivity index is 2.28. The summed E-state index contributed by atoms with van der Waals surface area (Å²) < 4.78 is 17.6. The lowest BCUT2D eigenvalue weighted by molar-refractivity contribution is -0.165. The molecule has 0 spiro atoms. The van der Waals surface area contributed by atoms with E-state index in [-0.39, 0.29) is 12.0 Å². The highest BCUT2D eigenvalue weighted by molar-refractivity contribution is 6.31. The van der Waals surface area contributed by atoms with Gasteiger partial charge >= 0.3 is 5.97 Å². The topological polar surface area (TPSA) is 66.3 Å². The first-order chi connectivity index (χ1) is 13.6. The lowest BCUT2D eigenvalue weighted by atomic mass is 10.0. The lowest BCUT2D eigenvalue weighted by Crippen LogP contribution is -2.39. The van der Waals surface area contributed by atoms with E-state index in [2.05, 4.69) is 12.1 Å². The van der Waals surface area contributed by atoms with Crippen molar-refractivity contribution in [3.8, 4) is 5.75 Å². The number of nitrogens with zero attached hydrogens (tertiary/aromatic N) is 1. The molecule has 1 aliphatic rings. The number of hydrogen-bond donors (Lipinski definition) is 0. The van der Waals surface area contributed by atoms with E-state index in [9.17, 15) is 4.79 Å². The summed E-state index contributed by atoms with van der Waals surface area (Å²) in [5.74, 6) is -0.00666. The van der Waals surface area contributed by atoms with Gasteiger partial charge in [0, 0.05) is 23.1 Å². The molecule has 1 aromatic rings. The molecule has 6 nitrogen and oxygen atoms in total. The molecule has 0 amide bonds. The molecule has 0 saturated carbocycles. The van der Waals surface area contributed by atoms with Crippen LogP contribution in [0.5, 0.6) is 5.75 Å². The molecule has 1 heterocycles. The summed E-state index contributed by atoms with van der Waals surface area (Å²) in [5.41, 5.74) is 0.675. The van der Waals surface area contributed by atoms with Crippen LogP contribution in [0.4, 0.5) is 0 Å². The average Bonchev–Trinajstić information content (AvgIpc) is 3.07. The minimum absolute atomic E-state index is 0.0910. The first-order valence-electron chi connectivity index (χ1n) is 10.1. The molecule has 1 aliphatic heterocycles. The predicted octanol–water partition coefficient (Wildman–Crippen LogP) is 5.00. The van der Waals surface area contributed by atoms with Crippen molar-refractivity contribution in [1.29, 1.82) is 0 Å². The molecule has 0 aromatic heterocycles. The van der Waals surface area contributed by atoms with E-state index in [1.54, 1.807) is 18.2 Å². The molecule has 2 unspecified atom stereocenters. The summed E-state index contributed by atoms with van der Waals surface area (Å²) in [6.45, 7) is 12.4. The van der Waals surface area contributed by atoms with E-state index in [0.29, 0.717) is 35.3 Å². The normalized spacial score (nSPS) is 17.7. The molecule has 0 aliphatic carbocycles. The van der Waals surface area contributed by atoms with Crippen LogP contribution in [0.2, 0.25) is 5.02 Å². The Morgan fingerprint density at radius 3 is 2.69 bits per heavy atom. The van der Waals surface area contributed by atoms with Gasteiger partial charge in [-0.25, -0.2) is 4.79 Å². The Bertz CT molecular complexity index is 726. The predicted molar refractivity (Wildman–Crippen MR) is 114 cm³/mol. The zero-order chi connectivity index (χ0) is 21.6. The first kappa shape index (κ1) is 23.5. The molecular formula is C22H32ClNO5. The van der Waals surface area contributed by atoms with Crippen LogP contribution < -0.4 is 4.74 Å². The molecule has 1 aromatic carbocycles. The van der Waals surface area contributed by atoms with Crippen molar-refractivity contribution < 1.29 is 23.8 Å². The third-order valence-corrected chi connectivity index (χ3v) is 4.46. The van der Waals surface area contributed by atoms with Crippen LogP contribution in [0, 0.1) is 5.92 Å². The van der Waals surface area contributed by atoms with Crippen molar-refractivity contribution in [3.63, 3.8) is 0 Å². The molecule has 2 atom stereocenters. The van der Waals surface area contributed by atoms with Crippen molar-refractivity contribution in [2.24, 2.45) is 11.1 Å². The van der Waals surface area contributed by atoms with Crippen LogP contribution in [0.15, 0.2) is 23.4 Å². The SMILES string of the molecule is CCCCOC1CON=C1c1cc(Cl)ccc1OC(C(=O)OC(C)(C)C)C(C)C. The number of hydrogen-bond acceptors (Lipinski definition) is 6. The number of halogens is 1. The van der Waals surface area contributed by atoms with Gasteiger partial charge in [0.15, 0.2) is 6.10 Å². The van der Waals surface area contributed by atoms with Gasteiger partial charge in [-0.2, -0.15) is 0 Å². The Labute approximate surface area is 178 Å². The molecule has 7 heteroatoms. The average molecular weight is 426 g/mol. The van der Waals surface area contributed by atoms with Gasteiger partial charge in [-0.1, -0.05) is 43.9 Å². The van der Waals surface area contributed by atoms with Gasteiger partial charge in [-0.15, -0.1) is 0 Å². The molecule has 0 N–H and O–H groups in total. The number of carbonyl (C=O) groups is 1. The van der Waals surface area contributed by atoms with E-state index in [1.165, 1.54) is 0 Å². The highest BCUT2D eigenvalue weighted by atomic mass is 35.5. The van der Waals surface area contributed by atoms with E-state index in [0.717, 1.165) is 12.8 Å². The van der Waals surface area contributed by atoms with Gasteiger partial charge < -0.3 is 19.0 Å². The van der Waals surface area contributed by atoms with Gasteiger partial charge in [-0.05, 0) is 45.4 Å². The van der Waals surface area contributed by atoms with Gasteiger partial charge in [0.05, 0.1) is 0 Å². The van der Waals surface area contributed by atoms with Crippen LogP contribution in [0.3, 0.4) is 0 Å². The van der Waals surface area contributed by atoms with E-state index in [4.69, 9.17) is 30.6 Å². The molecule has 0 bridgehead atoms. The van der Waals surface area contributed by atoms with Crippen LogP contribution in [0.25, 0.3) is 0 Å². The lowest BCUT2D eigenvalue weighted by Gasteiger charge is -2.27. The van der Waals surface area contributed by atoms with E-state index >= 15 is 0 Å². The van der Waals surface area contributed by atoms with Crippen molar-refractivity contribution >= 4 is 23.3 Å². The monoisotopic (exact) mass is 425 g/mol. The third-order valence-electron chi connectivity index (χ3n) is 4.23. The van der Waals surface area contributed by atoms with Crippen LogP contribution in [-0.4, -0.2) is 42.7 Å². The Morgan fingerprint density at radius 1 is 1.34 bits per heavy atom. The highest BCUT2D eigenvalue weighted by Gasteiger charge is 2.33. The summed E-state index contributed by atoms with van der Waals surface area (Å²) in [4.78, 5) is 18.0. The fraction of sp³-hybridized carbons (Fsp3) is 0.636. The standard InChI is InChI=1S/C22H32ClNO5/c1-7-8-11-26-18-13-27-24-19(18)16-12-15(23)9-10-17(16)28-20(14(2)3)21(25)29-22(4,5)6/h9-10,12,14,18,20H,7-8,11,13H2,1-6H3. The summed E-state index contributed by atoms with van der Waals surface area (Å²) in [7, 11) is 0. The largest absolute Gasteiger partial charge is 0.478 e. The number of ether oxygens (including phenoxy) is 3. The number of carbonyl (C=O) groups excluding carboxylic acids is 1. The summed E-state index contributed by atoms with van der Waals surface area (Å²) in [6.07, 6.45) is 0.923. The third kappa shape index (κ3) is 6.89. The molecule has 162 valence electrons. The zero-order valence-electron chi connectivity index (χ0n) is 18.2. The fourth-order valence-electron chi connectivity index (χ4n) is 2.79. The smallest absolute Gasteiger partial charge is 0.348 e. The van der Waals surface area contributed by atoms with Gasteiger partial charge in [0.25, 0.3) is 0 Å². The Kier molecular flexibility index (Phi) is 8.34.